The third-order valence-corrected chi connectivity index (χ3v) is 5.84. The van der Waals surface area contributed by atoms with Crippen molar-refractivity contribution in [2.24, 2.45) is 5.92 Å². The highest BCUT2D eigenvalue weighted by atomic mass is 16.5. The zero-order valence-electron chi connectivity index (χ0n) is 17.9. The summed E-state index contributed by atoms with van der Waals surface area (Å²) in [6, 6.07) is 19.7. The number of hydrogen-bond donors (Lipinski definition) is 0. The van der Waals surface area contributed by atoms with Gasteiger partial charge >= 0.3 is 0 Å². The lowest BCUT2D eigenvalue weighted by Crippen LogP contribution is -2.38. The quantitative estimate of drug-likeness (QED) is 0.557. The lowest BCUT2D eigenvalue weighted by Gasteiger charge is -2.32. The molecule has 1 saturated heterocycles. The Morgan fingerprint density at radius 1 is 0.903 bits per heavy atom. The molecule has 1 aromatic heterocycles. The molecule has 1 aliphatic rings. The molecule has 4 rings (SSSR count). The molecule has 1 fully saturated rings. The second-order valence-electron chi connectivity index (χ2n) is 7.96. The van der Waals surface area contributed by atoms with E-state index in [0.29, 0.717) is 12.5 Å². The number of aromatic nitrogens is 1. The Balaban J connectivity index is 1.24. The summed E-state index contributed by atoms with van der Waals surface area (Å²) in [5, 5.41) is 0. The standard InChI is InChI=1S/C26H28N2O3/c1-30-24-8-6-23(7-9-24)26(29)28-16-12-21(13-17-28)18-20-2-4-22(5-3-20)19-31-25-10-14-27-15-11-25/h2-11,14-15,21H,12-13,16-19H2,1H3. The maximum Gasteiger partial charge on any atom is 0.253 e. The molecule has 1 aliphatic heterocycles. The van der Waals surface area contributed by atoms with E-state index in [1.807, 2.05) is 41.3 Å². The van der Waals surface area contributed by atoms with E-state index in [2.05, 4.69) is 29.2 Å². The highest BCUT2D eigenvalue weighted by Crippen LogP contribution is 2.24. The summed E-state index contributed by atoms with van der Waals surface area (Å²) < 4.78 is 11.0. The van der Waals surface area contributed by atoms with Gasteiger partial charge in [-0.25, -0.2) is 0 Å². The lowest BCUT2D eigenvalue weighted by atomic mass is 9.89. The van der Waals surface area contributed by atoms with E-state index in [9.17, 15) is 4.79 Å². The predicted octanol–water partition coefficient (Wildman–Crippen LogP) is 4.76. The van der Waals surface area contributed by atoms with E-state index >= 15 is 0 Å². The van der Waals surface area contributed by atoms with Gasteiger partial charge in [0.2, 0.25) is 0 Å². The van der Waals surface area contributed by atoms with Crippen LogP contribution in [-0.4, -0.2) is 36.0 Å². The zero-order chi connectivity index (χ0) is 21.5. The van der Waals surface area contributed by atoms with Crippen LogP contribution in [0.1, 0.15) is 34.3 Å². The number of ether oxygens (including phenoxy) is 2. The topological polar surface area (TPSA) is 51.7 Å². The van der Waals surface area contributed by atoms with Crippen LogP contribution >= 0.6 is 0 Å². The molecule has 1 amide bonds. The van der Waals surface area contributed by atoms with Crippen molar-refractivity contribution in [1.29, 1.82) is 0 Å². The molecule has 0 N–H and O–H groups in total. The Kier molecular flexibility index (Phi) is 6.82. The second-order valence-corrected chi connectivity index (χ2v) is 7.96. The minimum Gasteiger partial charge on any atom is -0.497 e. The van der Waals surface area contributed by atoms with Crippen LogP contribution in [0.4, 0.5) is 0 Å². The summed E-state index contributed by atoms with van der Waals surface area (Å²) in [5.74, 6) is 2.32. The molecule has 5 nitrogen and oxygen atoms in total. The monoisotopic (exact) mass is 416 g/mol. The van der Waals surface area contributed by atoms with Crippen LogP contribution in [-0.2, 0) is 13.0 Å². The van der Waals surface area contributed by atoms with Crippen LogP contribution in [0.5, 0.6) is 11.5 Å². The Morgan fingerprint density at radius 2 is 1.55 bits per heavy atom. The lowest BCUT2D eigenvalue weighted by molar-refractivity contribution is 0.0690. The second kappa shape index (κ2) is 10.1. The van der Waals surface area contributed by atoms with Gasteiger partial charge in [-0.3, -0.25) is 9.78 Å². The Morgan fingerprint density at radius 3 is 2.19 bits per heavy atom. The number of hydrogen-bond acceptors (Lipinski definition) is 4. The molecule has 5 heteroatoms. The molecule has 3 aromatic rings. The minimum absolute atomic E-state index is 0.111. The Labute approximate surface area is 183 Å². The molecule has 0 unspecified atom stereocenters. The van der Waals surface area contributed by atoms with E-state index in [1.54, 1.807) is 19.5 Å². The Bertz CT molecular complexity index is 964. The Hall–Kier alpha value is -3.34. The summed E-state index contributed by atoms with van der Waals surface area (Å²) >= 11 is 0. The van der Waals surface area contributed by atoms with Crippen molar-refractivity contribution >= 4 is 5.91 Å². The molecule has 0 radical (unpaired) electrons. The SMILES string of the molecule is COc1ccc(C(=O)N2CCC(Cc3ccc(COc4ccncc4)cc3)CC2)cc1. The molecule has 31 heavy (non-hydrogen) atoms. The first-order valence-corrected chi connectivity index (χ1v) is 10.8. The van der Waals surface area contributed by atoms with E-state index in [4.69, 9.17) is 9.47 Å². The van der Waals surface area contributed by atoms with E-state index < -0.39 is 0 Å². The average molecular weight is 417 g/mol. The maximum absolute atomic E-state index is 12.7. The van der Waals surface area contributed by atoms with Gasteiger partial charge in [0.25, 0.3) is 5.91 Å². The summed E-state index contributed by atoms with van der Waals surface area (Å²) in [5.41, 5.74) is 3.22. The fourth-order valence-corrected chi connectivity index (χ4v) is 3.96. The highest BCUT2D eigenvalue weighted by Gasteiger charge is 2.23. The van der Waals surface area contributed by atoms with Crippen molar-refractivity contribution in [3.8, 4) is 11.5 Å². The van der Waals surface area contributed by atoms with Crippen LogP contribution in [0.25, 0.3) is 0 Å². The van der Waals surface area contributed by atoms with Crippen molar-refractivity contribution in [3.05, 3.63) is 89.7 Å². The number of rotatable bonds is 7. The first kappa shape index (κ1) is 20.9. The number of likely N-dealkylation sites (tertiary alicyclic amines) is 1. The molecule has 0 saturated carbocycles. The van der Waals surface area contributed by atoms with E-state index in [1.165, 1.54) is 5.56 Å². The molecule has 0 aliphatic carbocycles. The van der Waals surface area contributed by atoms with Crippen molar-refractivity contribution < 1.29 is 14.3 Å². The number of amides is 1. The molecule has 0 atom stereocenters. The van der Waals surface area contributed by atoms with Crippen LogP contribution in [0.15, 0.2) is 73.1 Å². The summed E-state index contributed by atoms with van der Waals surface area (Å²) in [6.07, 6.45) is 6.59. The van der Waals surface area contributed by atoms with E-state index in [-0.39, 0.29) is 5.91 Å². The van der Waals surface area contributed by atoms with Crippen LogP contribution in [0.3, 0.4) is 0 Å². The molecule has 0 bridgehead atoms. The molecule has 2 heterocycles. The fraction of sp³-hybridized carbons (Fsp3) is 0.308. The normalized spacial score (nSPS) is 14.3. The predicted molar refractivity (Wildman–Crippen MR) is 120 cm³/mol. The van der Waals surface area contributed by atoms with Crippen LogP contribution < -0.4 is 9.47 Å². The van der Waals surface area contributed by atoms with Crippen LogP contribution in [0.2, 0.25) is 0 Å². The molecule has 2 aromatic carbocycles. The molecular formula is C26H28N2O3. The van der Waals surface area contributed by atoms with Crippen molar-refractivity contribution in [3.63, 3.8) is 0 Å². The smallest absolute Gasteiger partial charge is 0.253 e. The van der Waals surface area contributed by atoms with Gasteiger partial charge in [0, 0.05) is 31.0 Å². The molecular weight excluding hydrogens is 388 g/mol. The average Bonchev–Trinajstić information content (AvgIpc) is 2.84. The van der Waals surface area contributed by atoms with Crippen molar-refractivity contribution in [2.45, 2.75) is 25.9 Å². The summed E-state index contributed by atoms with van der Waals surface area (Å²) in [7, 11) is 1.63. The number of carbonyl (C=O) groups excluding carboxylic acids is 1. The minimum atomic E-state index is 0.111. The fourth-order valence-electron chi connectivity index (χ4n) is 3.96. The van der Waals surface area contributed by atoms with Gasteiger partial charge in [-0.2, -0.15) is 0 Å². The van der Waals surface area contributed by atoms with Gasteiger partial charge in [0.1, 0.15) is 18.1 Å². The molecule has 160 valence electrons. The van der Waals surface area contributed by atoms with E-state index in [0.717, 1.165) is 55.0 Å². The van der Waals surface area contributed by atoms with Crippen molar-refractivity contribution in [2.75, 3.05) is 20.2 Å². The van der Waals surface area contributed by atoms with Crippen LogP contribution in [0, 0.1) is 5.92 Å². The number of piperidine rings is 1. The largest absolute Gasteiger partial charge is 0.497 e. The third-order valence-electron chi connectivity index (χ3n) is 5.84. The van der Waals surface area contributed by atoms with Gasteiger partial charge < -0.3 is 14.4 Å². The van der Waals surface area contributed by atoms with Gasteiger partial charge in [-0.1, -0.05) is 24.3 Å². The number of methoxy groups -OCH3 is 1. The number of benzene rings is 2. The molecule has 0 spiro atoms. The number of carbonyl (C=O) groups is 1. The van der Waals surface area contributed by atoms with Gasteiger partial charge in [0.15, 0.2) is 0 Å². The zero-order valence-corrected chi connectivity index (χ0v) is 17.9. The van der Waals surface area contributed by atoms with Gasteiger partial charge in [-0.05, 0) is 72.7 Å². The first-order chi connectivity index (χ1) is 15.2. The number of nitrogens with zero attached hydrogens (tertiary/aromatic N) is 2. The third kappa shape index (κ3) is 5.63. The first-order valence-electron chi connectivity index (χ1n) is 10.8. The summed E-state index contributed by atoms with van der Waals surface area (Å²) in [6.45, 7) is 2.18. The number of pyridine rings is 1. The maximum atomic E-state index is 12.7. The summed E-state index contributed by atoms with van der Waals surface area (Å²) in [4.78, 5) is 18.7. The van der Waals surface area contributed by atoms with Gasteiger partial charge in [0.05, 0.1) is 7.11 Å². The van der Waals surface area contributed by atoms with Crippen molar-refractivity contribution in [1.82, 2.24) is 9.88 Å². The highest BCUT2D eigenvalue weighted by molar-refractivity contribution is 5.94. The van der Waals surface area contributed by atoms with Gasteiger partial charge in [-0.15, -0.1) is 0 Å².